The van der Waals surface area contributed by atoms with Gasteiger partial charge in [-0.25, -0.2) is 4.99 Å². The summed E-state index contributed by atoms with van der Waals surface area (Å²) in [7, 11) is 1.61. The van der Waals surface area contributed by atoms with Crippen molar-refractivity contribution in [3.8, 4) is 30.3 Å². The van der Waals surface area contributed by atoms with Gasteiger partial charge in [-0.2, -0.15) is 26.3 Å². The Bertz CT molecular complexity index is 1050. The van der Waals surface area contributed by atoms with Crippen molar-refractivity contribution in [3.05, 3.63) is 11.6 Å². The Labute approximate surface area is 161 Å². The van der Waals surface area contributed by atoms with E-state index in [2.05, 4.69) is 27.0 Å². The highest BCUT2D eigenvalue weighted by molar-refractivity contribution is 6.52. The molecule has 0 spiro atoms. The van der Waals surface area contributed by atoms with Gasteiger partial charge in [-0.3, -0.25) is 5.41 Å². The summed E-state index contributed by atoms with van der Waals surface area (Å²) in [5.74, 6) is 0. The molecule has 1 heterocycles. The minimum absolute atomic E-state index is 0.0658. The summed E-state index contributed by atoms with van der Waals surface area (Å²) in [6.07, 6.45) is 0.236. The average Bonchev–Trinajstić information content (AvgIpc) is 2.73. The minimum atomic E-state index is -0.812. The molecule has 0 aliphatic carbocycles. The van der Waals surface area contributed by atoms with E-state index in [1.54, 1.807) is 25.3 Å². The van der Waals surface area contributed by atoms with Crippen LogP contribution in [0.15, 0.2) is 11.1 Å². The number of aliphatic imine (C=N–C) groups is 1. The van der Waals surface area contributed by atoms with Gasteiger partial charge in [0.2, 0.25) is 0 Å². The zero-order valence-electron chi connectivity index (χ0n) is 14.8. The molecule has 4 N–H and O–H groups in total. The fourth-order valence-electron chi connectivity index (χ4n) is 2.75. The Morgan fingerprint density at radius 3 is 2.57 bits per heavy atom. The Balaban J connectivity index is 2.73. The smallest absolute Gasteiger partial charge is 0.176 e. The Kier molecular flexibility index (Phi) is 6.11. The molecule has 0 radical (unpaired) electrons. The maximum Gasteiger partial charge on any atom is 0.176 e. The SMILES string of the molecule is CNc1c(/N=C(/C#N)C(=N)C#N)c2cc(c1NC(C#N)CC#N)NC(C#N)C2. The molecule has 2 bridgehead atoms. The van der Waals surface area contributed by atoms with Gasteiger partial charge in [-0.1, -0.05) is 0 Å². The zero-order valence-corrected chi connectivity index (χ0v) is 14.8. The Morgan fingerprint density at radius 2 is 2.04 bits per heavy atom. The van der Waals surface area contributed by atoms with Crippen molar-refractivity contribution in [2.75, 3.05) is 23.0 Å². The first kappa shape index (κ1) is 19.7. The summed E-state index contributed by atoms with van der Waals surface area (Å²) in [6, 6.07) is 9.70. The third kappa shape index (κ3) is 3.81. The molecule has 10 heteroatoms. The van der Waals surface area contributed by atoms with E-state index < -0.39 is 17.8 Å². The normalized spacial score (nSPS) is 15.3. The quantitative estimate of drug-likeness (QED) is 0.545. The van der Waals surface area contributed by atoms with E-state index in [1.165, 1.54) is 0 Å². The van der Waals surface area contributed by atoms with Gasteiger partial charge in [0, 0.05) is 13.5 Å². The van der Waals surface area contributed by atoms with Crippen molar-refractivity contribution in [2.24, 2.45) is 4.99 Å². The number of nitrogens with zero attached hydrogens (tertiary/aromatic N) is 6. The number of nitrogens with one attached hydrogen (secondary N) is 4. The second-order valence-electron chi connectivity index (χ2n) is 5.71. The molecule has 10 nitrogen and oxygen atoms in total. The lowest BCUT2D eigenvalue weighted by atomic mass is 9.96. The first-order valence-electron chi connectivity index (χ1n) is 8.07. The second kappa shape index (κ2) is 8.68. The first-order valence-corrected chi connectivity index (χ1v) is 8.07. The van der Waals surface area contributed by atoms with Crippen molar-refractivity contribution in [1.82, 2.24) is 0 Å². The monoisotopic (exact) mass is 370 g/mol. The molecule has 0 saturated carbocycles. The lowest BCUT2D eigenvalue weighted by Gasteiger charge is -2.28. The van der Waals surface area contributed by atoms with Gasteiger partial charge >= 0.3 is 0 Å². The van der Waals surface area contributed by atoms with Gasteiger partial charge in [-0.05, 0) is 11.6 Å². The molecule has 1 aromatic rings. The summed E-state index contributed by atoms with van der Waals surface area (Å²) < 4.78 is 0. The number of hydrogen-bond donors (Lipinski definition) is 4. The largest absolute Gasteiger partial charge is 0.385 e. The van der Waals surface area contributed by atoms with Crippen LogP contribution in [0, 0.1) is 62.1 Å². The van der Waals surface area contributed by atoms with Crippen LogP contribution in [0.2, 0.25) is 0 Å². The molecule has 1 aromatic carbocycles. The van der Waals surface area contributed by atoms with E-state index in [9.17, 15) is 15.8 Å². The van der Waals surface area contributed by atoms with Crippen LogP contribution >= 0.6 is 0 Å². The topological polar surface area (TPSA) is 191 Å². The predicted octanol–water partition coefficient (Wildman–Crippen LogP) is 1.95. The van der Waals surface area contributed by atoms with Crippen LogP contribution in [0.3, 0.4) is 0 Å². The van der Waals surface area contributed by atoms with Gasteiger partial charge < -0.3 is 16.0 Å². The molecule has 2 atom stereocenters. The Hall–Kier alpha value is -4.59. The van der Waals surface area contributed by atoms with Gasteiger partial charge in [0.1, 0.15) is 24.2 Å². The lowest BCUT2D eigenvalue weighted by Crippen LogP contribution is -2.27. The van der Waals surface area contributed by atoms with E-state index >= 15 is 0 Å². The second-order valence-corrected chi connectivity index (χ2v) is 5.71. The van der Waals surface area contributed by atoms with Crippen molar-refractivity contribution in [1.29, 1.82) is 31.7 Å². The summed E-state index contributed by atoms with van der Waals surface area (Å²) in [5.41, 5.74) is 1.36. The molecule has 1 aliphatic heterocycles. The number of nitriles is 5. The van der Waals surface area contributed by atoms with E-state index in [-0.39, 0.29) is 12.1 Å². The van der Waals surface area contributed by atoms with Crippen LogP contribution in [-0.4, -0.2) is 30.6 Å². The van der Waals surface area contributed by atoms with Gasteiger partial charge in [0.05, 0.1) is 47.4 Å². The maximum absolute atomic E-state index is 9.33. The number of fused-ring (bicyclic) bond motifs is 2. The van der Waals surface area contributed by atoms with Crippen LogP contribution in [0.4, 0.5) is 22.7 Å². The van der Waals surface area contributed by atoms with Crippen molar-refractivity contribution in [2.45, 2.75) is 24.9 Å². The lowest BCUT2D eigenvalue weighted by molar-refractivity contribution is 0.852. The number of hydrogen-bond acceptors (Lipinski definition) is 10. The van der Waals surface area contributed by atoms with Crippen molar-refractivity contribution in [3.63, 3.8) is 0 Å². The van der Waals surface area contributed by atoms with E-state index in [4.69, 9.17) is 15.9 Å². The van der Waals surface area contributed by atoms with Gasteiger partial charge in [-0.15, -0.1) is 0 Å². The standard InChI is InChI=1S/C18H14N10/c1-25-18-16(28-15(9-23)13(24)8-22)10-4-12(7-21)26-14(5-10)17(18)27-11(6-20)2-3-19/h5,11-12,24-27H,2,4H2,1H3/b24-13?,28-15-. The minimum Gasteiger partial charge on any atom is -0.385 e. The predicted molar refractivity (Wildman–Crippen MR) is 102 cm³/mol. The van der Waals surface area contributed by atoms with Crippen molar-refractivity contribution >= 4 is 34.2 Å². The third-order valence-electron chi connectivity index (χ3n) is 3.99. The van der Waals surface area contributed by atoms with E-state index in [0.717, 1.165) is 0 Å². The van der Waals surface area contributed by atoms with E-state index in [0.29, 0.717) is 34.7 Å². The highest BCUT2D eigenvalue weighted by Gasteiger charge is 2.27. The van der Waals surface area contributed by atoms with Crippen LogP contribution in [-0.2, 0) is 6.42 Å². The molecular formula is C18H14N10. The summed E-state index contributed by atoms with van der Waals surface area (Å²) in [5, 5.41) is 62.2. The van der Waals surface area contributed by atoms with Crippen LogP contribution in [0.25, 0.3) is 0 Å². The maximum atomic E-state index is 9.33. The highest BCUT2D eigenvalue weighted by atomic mass is 15.0. The third-order valence-corrected chi connectivity index (χ3v) is 3.99. The molecule has 2 rings (SSSR count). The van der Waals surface area contributed by atoms with Crippen LogP contribution < -0.4 is 16.0 Å². The number of benzene rings is 1. The fraction of sp³-hybridized carbons (Fsp3) is 0.278. The molecule has 2 unspecified atom stereocenters. The summed E-state index contributed by atoms with van der Waals surface area (Å²) in [4.78, 5) is 4.19. The Morgan fingerprint density at radius 1 is 1.29 bits per heavy atom. The molecule has 0 fully saturated rings. The molecular weight excluding hydrogens is 356 g/mol. The first-order chi connectivity index (χ1) is 13.5. The molecule has 136 valence electrons. The molecule has 0 aromatic heterocycles. The molecule has 1 aliphatic rings. The highest BCUT2D eigenvalue weighted by Crippen LogP contribution is 2.45. The van der Waals surface area contributed by atoms with Crippen LogP contribution in [0.1, 0.15) is 12.0 Å². The fourth-order valence-corrected chi connectivity index (χ4v) is 2.75. The average molecular weight is 370 g/mol. The van der Waals surface area contributed by atoms with Crippen molar-refractivity contribution < 1.29 is 0 Å². The molecule has 28 heavy (non-hydrogen) atoms. The van der Waals surface area contributed by atoms with Crippen LogP contribution in [0.5, 0.6) is 0 Å². The number of anilines is 3. The number of rotatable bonds is 6. The molecule has 0 amide bonds. The van der Waals surface area contributed by atoms with E-state index in [1.807, 2.05) is 12.1 Å². The van der Waals surface area contributed by atoms with Gasteiger partial charge in [0.25, 0.3) is 0 Å². The zero-order chi connectivity index (χ0) is 20.7. The summed E-state index contributed by atoms with van der Waals surface area (Å²) >= 11 is 0. The van der Waals surface area contributed by atoms with Gasteiger partial charge in [0.15, 0.2) is 11.4 Å². The molecule has 0 saturated heterocycles. The summed E-state index contributed by atoms with van der Waals surface area (Å²) in [6.45, 7) is 0.